The monoisotopic (exact) mass is 576 g/mol. The summed E-state index contributed by atoms with van der Waals surface area (Å²) >= 11 is 0. The number of methoxy groups -OCH3 is 2. The first-order valence-corrected chi connectivity index (χ1v) is 11.8. The summed E-state index contributed by atoms with van der Waals surface area (Å²) in [6.45, 7) is 9.25. The molecule has 0 bridgehead atoms. The lowest BCUT2D eigenvalue weighted by Gasteiger charge is -2.34. The fourth-order valence-corrected chi connectivity index (χ4v) is 3.87. The van der Waals surface area contributed by atoms with E-state index < -0.39 is 0 Å². The third-order valence-electron chi connectivity index (χ3n) is 6.01. The van der Waals surface area contributed by atoms with Crippen molar-refractivity contribution in [2.24, 2.45) is 10.9 Å². The number of nitrogens with one attached hydrogen (secondary N) is 1. The Bertz CT molecular complexity index is 726. The first-order chi connectivity index (χ1) is 15.7. The normalized spacial score (nSPS) is 17.8. The Labute approximate surface area is 216 Å². The van der Waals surface area contributed by atoms with Gasteiger partial charge in [0.15, 0.2) is 17.5 Å². The van der Waals surface area contributed by atoms with E-state index in [4.69, 9.17) is 23.9 Å². The highest BCUT2D eigenvalue weighted by Crippen LogP contribution is 2.32. The van der Waals surface area contributed by atoms with Gasteiger partial charge >= 0.3 is 0 Å². The van der Waals surface area contributed by atoms with Gasteiger partial charge < -0.3 is 29.2 Å². The first kappa shape index (κ1) is 27.9. The van der Waals surface area contributed by atoms with E-state index in [1.165, 1.54) is 18.4 Å². The van der Waals surface area contributed by atoms with Gasteiger partial charge in [0.05, 0.1) is 46.6 Å². The summed E-state index contributed by atoms with van der Waals surface area (Å²) in [7, 11) is 5.41. The minimum Gasteiger partial charge on any atom is -0.493 e. The Balaban J connectivity index is 0.00000385. The molecule has 1 N–H and O–H groups in total. The summed E-state index contributed by atoms with van der Waals surface area (Å²) in [5, 5.41) is 3.43. The molecule has 8 nitrogen and oxygen atoms in total. The molecule has 0 radical (unpaired) electrons. The summed E-state index contributed by atoms with van der Waals surface area (Å²) in [5.41, 5.74) is 1.17. The Morgan fingerprint density at radius 3 is 2.58 bits per heavy atom. The molecule has 188 valence electrons. The summed E-state index contributed by atoms with van der Waals surface area (Å²) in [5.74, 6) is 3.17. The van der Waals surface area contributed by atoms with E-state index in [-0.39, 0.29) is 30.0 Å². The Kier molecular flexibility index (Phi) is 12.6. The van der Waals surface area contributed by atoms with Gasteiger partial charge in [-0.3, -0.25) is 9.89 Å². The maximum absolute atomic E-state index is 5.82. The van der Waals surface area contributed by atoms with Gasteiger partial charge in [0, 0.05) is 39.8 Å². The number of benzene rings is 1. The zero-order chi connectivity index (χ0) is 22.8. The van der Waals surface area contributed by atoms with Crippen molar-refractivity contribution in [2.75, 3.05) is 80.4 Å². The average Bonchev–Trinajstić information content (AvgIpc) is 3.66. The molecular formula is C24H41IN4O4. The lowest BCUT2D eigenvalue weighted by atomic mass is 10.0. The van der Waals surface area contributed by atoms with Crippen LogP contribution in [0.4, 0.5) is 0 Å². The number of ether oxygens (including phenoxy) is 4. The molecule has 1 saturated carbocycles. The van der Waals surface area contributed by atoms with Crippen molar-refractivity contribution in [3.8, 4) is 11.5 Å². The van der Waals surface area contributed by atoms with Crippen LogP contribution in [0.15, 0.2) is 23.2 Å². The summed E-state index contributed by atoms with van der Waals surface area (Å²) < 4.78 is 22.4. The van der Waals surface area contributed by atoms with Crippen LogP contribution >= 0.6 is 24.0 Å². The molecule has 1 aliphatic carbocycles. The van der Waals surface area contributed by atoms with E-state index in [0.29, 0.717) is 6.54 Å². The predicted molar refractivity (Wildman–Crippen MR) is 142 cm³/mol. The zero-order valence-corrected chi connectivity index (χ0v) is 22.9. The van der Waals surface area contributed by atoms with Crippen LogP contribution in [0.5, 0.6) is 11.5 Å². The number of rotatable bonds is 12. The average molecular weight is 577 g/mol. The van der Waals surface area contributed by atoms with E-state index in [1.807, 2.05) is 6.07 Å². The summed E-state index contributed by atoms with van der Waals surface area (Å²) in [6.07, 6.45) is 2.64. The van der Waals surface area contributed by atoms with Crippen molar-refractivity contribution in [2.45, 2.75) is 25.8 Å². The fourth-order valence-electron chi connectivity index (χ4n) is 3.87. The standard InChI is InChI=1S/C24H40N4O4.HI/c1-5-25-24(27(2)10-13-32-18-19-6-7-19)26-17-21(28-11-14-31-15-12-28)20-8-9-22(29-3)23(16-20)30-4;/h8-9,16,19,21H,5-7,10-15,17-18H2,1-4H3,(H,25,26);1H. The fraction of sp³-hybridized carbons (Fsp3) is 0.708. The number of hydrogen-bond acceptors (Lipinski definition) is 6. The van der Waals surface area contributed by atoms with E-state index in [1.54, 1.807) is 14.2 Å². The van der Waals surface area contributed by atoms with Crippen LogP contribution in [-0.4, -0.2) is 96.2 Å². The highest BCUT2D eigenvalue weighted by atomic mass is 127. The lowest BCUT2D eigenvalue weighted by molar-refractivity contribution is 0.0179. The van der Waals surface area contributed by atoms with Crippen molar-refractivity contribution < 1.29 is 18.9 Å². The van der Waals surface area contributed by atoms with Crippen molar-refractivity contribution >= 4 is 29.9 Å². The zero-order valence-electron chi connectivity index (χ0n) is 20.5. The van der Waals surface area contributed by atoms with Crippen molar-refractivity contribution in [1.82, 2.24) is 15.1 Å². The number of guanidine groups is 1. The van der Waals surface area contributed by atoms with Crippen molar-refractivity contribution in [1.29, 1.82) is 0 Å². The molecular weight excluding hydrogens is 535 g/mol. The molecule has 3 rings (SSSR count). The minimum atomic E-state index is 0. The molecule has 1 aromatic rings. The Morgan fingerprint density at radius 2 is 1.94 bits per heavy atom. The number of hydrogen-bond donors (Lipinski definition) is 1. The SMILES string of the molecule is CCNC(=NCC(c1ccc(OC)c(OC)c1)N1CCOCC1)N(C)CCOCC1CC1.I. The molecule has 0 spiro atoms. The van der Waals surface area contributed by atoms with Crippen molar-refractivity contribution in [3.63, 3.8) is 0 Å². The molecule has 1 unspecified atom stereocenters. The van der Waals surface area contributed by atoms with Gasteiger partial charge in [0.25, 0.3) is 0 Å². The molecule has 33 heavy (non-hydrogen) atoms. The first-order valence-electron chi connectivity index (χ1n) is 11.8. The van der Waals surface area contributed by atoms with Gasteiger partial charge in [-0.05, 0) is 43.4 Å². The Hall–Kier alpha value is -1.30. The molecule has 1 aromatic carbocycles. The minimum absolute atomic E-state index is 0. The topological polar surface area (TPSA) is 67.8 Å². The number of halogens is 1. The van der Waals surface area contributed by atoms with Gasteiger partial charge in [0.1, 0.15) is 0 Å². The van der Waals surface area contributed by atoms with Gasteiger partial charge in [-0.15, -0.1) is 24.0 Å². The number of aliphatic imine (C=N–C) groups is 1. The van der Waals surface area contributed by atoms with Crippen LogP contribution in [0.2, 0.25) is 0 Å². The van der Waals surface area contributed by atoms with E-state index in [2.05, 4.69) is 41.2 Å². The van der Waals surface area contributed by atoms with Crippen molar-refractivity contribution in [3.05, 3.63) is 23.8 Å². The number of morpholine rings is 1. The van der Waals surface area contributed by atoms with Gasteiger partial charge in [-0.2, -0.15) is 0 Å². The van der Waals surface area contributed by atoms with E-state index in [9.17, 15) is 0 Å². The third-order valence-corrected chi connectivity index (χ3v) is 6.01. The third kappa shape index (κ3) is 8.77. The molecule has 2 aliphatic rings. The van der Waals surface area contributed by atoms with E-state index in [0.717, 1.165) is 76.0 Å². The van der Waals surface area contributed by atoms with Gasteiger partial charge in [0.2, 0.25) is 0 Å². The highest BCUT2D eigenvalue weighted by molar-refractivity contribution is 14.0. The van der Waals surface area contributed by atoms with Crippen LogP contribution in [0.3, 0.4) is 0 Å². The lowest BCUT2D eigenvalue weighted by Crippen LogP contribution is -2.43. The number of likely N-dealkylation sites (N-methyl/N-ethyl adjacent to an activating group) is 1. The molecule has 9 heteroatoms. The molecule has 1 atom stereocenters. The van der Waals surface area contributed by atoms with Crippen LogP contribution in [0.1, 0.15) is 31.4 Å². The maximum atomic E-state index is 5.82. The summed E-state index contributed by atoms with van der Waals surface area (Å²) in [6, 6.07) is 6.28. The molecule has 1 aliphatic heterocycles. The Morgan fingerprint density at radius 1 is 1.21 bits per heavy atom. The molecule has 0 amide bonds. The van der Waals surface area contributed by atoms with Crippen LogP contribution < -0.4 is 14.8 Å². The van der Waals surface area contributed by atoms with Crippen LogP contribution in [0, 0.1) is 5.92 Å². The largest absolute Gasteiger partial charge is 0.493 e. The highest BCUT2D eigenvalue weighted by Gasteiger charge is 2.24. The van der Waals surface area contributed by atoms with Gasteiger partial charge in [-0.25, -0.2) is 0 Å². The van der Waals surface area contributed by atoms with Crippen LogP contribution in [-0.2, 0) is 9.47 Å². The quantitative estimate of drug-likeness (QED) is 0.178. The number of nitrogens with zero attached hydrogens (tertiary/aromatic N) is 3. The molecule has 0 aromatic heterocycles. The second-order valence-corrected chi connectivity index (χ2v) is 8.41. The maximum Gasteiger partial charge on any atom is 0.193 e. The second kappa shape index (κ2) is 14.9. The van der Waals surface area contributed by atoms with Crippen LogP contribution in [0.25, 0.3) is 0 Å². The van der Waals surface area contributed by atoms with E-state index >= 15 is 0 Å². The molecule has 1 heterocycles. The van der Waals surface area contributed by atoms with Gasteiger partial charge in [-0.1, -0.05) is 6.07 Å². The summed E-state index contributed by atoms with van der Waals surface area (Å²) in [4.78, 5) is 9.61. The predicted octanol–water partition coefficient (Wildman–Crippen LogP) is 3.02. The smallest absolute Gasteiger partial charge is 0.193 e. The molecule has 2 fully saturated rings. The second-order valence-electron chi connectivity index (χ2n) is 8.41. The molecule has 1 saturated heterocycles.